The Hall–Kier alpha value is -1.63. The van der Waals surface area contributed by atoms with Crippen molar-refractivity contribution in [3.05, 3.63) is 29.3 Å². The Morgan fingerprint density at radius 3 is 2.42 bits per heavy atom. The lowest BCUT2D eigenvalue weighted by Crippen LogP contribution is -2.36. The highest BCUT2D eigenvalue weighted by Crippen LogP contribution is 2.32. The van der Waals surface area contributed by atoms with Crippen LogP contribution in [0.5, 0.6) is 0 Å². The molecule has 0 radical (unpaired) electrons. The predicted molar refractivity (Wildman–Crippen MR) is 70.9 cm³/mol. The molecule has 102 valence electrons. The van der Waals surface area contributed by atoms with Crippen molar-refractivity contribution in [2.45, 2.75) is 38.6 Å². The molecule has 0 N–H and O–H groups in total. The van der Waals surface area contributed by atoms with Crippen LogP contribution in [0.15, 0.2) is 12.1 Å². The minimum absolute atomic E-state index is 0.0156. The van der Waals surface area contributed by atoms with E-state index in [-0.39, 0.29) is 17.3 Å². The number of benzene rings is 1. The van der Waals surface area contributed by atoms with E-state index in [2.05, 4.69) is 6.92 Å². The first-order valence-corrected chi connectivity index (χ1v) is 6.65. The van der Waals surface area contributed by atoms with Crippen LogP contribution in [0, 0.1) is 28.9 Å². The molecule has 0 bridgehead atoms. The summed E-state index contributed by atoms with van der Waals surface area (Å²) in [7, 11) is 1.73. The van der Waals surface area contributed by atoms with Crippen LogP contribution in [-0.2, 0) is 0 Å². The zero-order valence-corrected chi connectivity index (χ0v) is 11.3. The number of rotatable bonds is 2. The molecule has 1 aromatic rings. The lowest BCUT2D eigenvalue weighted by Gasteiger charge is -2.35. The Bertz CT molecular complexity index is 484. The van der Waals surface area contributed by atoms with E-state index in [4.69, 9.17) is 5.26 Å². The van der Waals surface area contributed by atoms with E-state index in [0.717, 1.165) is 31.4 Å². The van der Waals surface area contributed by atoms with Crippen molar-refractivity contribution in [3.8, 4) is 6.07 Å². The maximum atomic E-state index is 14.0. The van der Waals surface area contributed by atoms with E-state index in [1.54, 1.807) is 18.0 Å². The molecule has 2 unspecified atom stereocenters. The smallest absolute Gasteiger partial charge is 0.150 e. The standard InChI is InChI=1S/C15H18F2N2/c1-10-4-3-5-12(6-10)19(2)15-13(16)7-11(9-18)8-14(15)17/h7-8,10,12H,3-6H2,1-2H3. The van der Waals surface area contributed by atoms with Gasteiger partial charge in [0.05, 0.1) is 11.6 Å². The average molecular weight is 264 g/mol. The lowest BCUT2D eigenvalue weighted by atomic mass is 9.86. The first-order valence-electron chi connectivity index (χ1n) is 6.65. The molecule has 0 saturated heterocycles. The fourth-order valence-electron chi connectivity index (χ4n) is 2.90. The Kier molecular flexibility index (Phi) is 4.04. The number of hydrogen-bond donors (Lipinski definition) is 0. The lowest BCUT2D eigenvalue weighted by molar-refractivity contribution is 0.333. The molecule has 0 aliphatic heterocycles. The maximum Gasteiger partial charge on any atom is 0.150 e. The number of anilines is 1. The van der Waals surface area contributed by atoms with Crippen LogP contribution in [0.1, 0.15) is 38.2 Å². The van der Waals surface area contributed by atoms with Gasteiger partial charge >= 0.3 is 0 Å². The van der Waals surface area contributed by atoms with Crippen LogP contribution in [-0.4, -0.2) is 13.1 Å². The molecule has 4 heteroatoms. The summed E-state index contributed by atoms with van der Waals surface area (Å²) >= 11 is 0. The second kappa shape index (κ2) is 5.56. The van der Waals surface area contributed by atoms with E-state index >= 15 is 0 Å². The van der Waals surface area contributed by atoms with Gasteiger partial charge in [-0.15, -0.1) is 0 Å². The molecule has 0 amide bonds. The van der Waals surface area contributed by atoms with Gasteiger partial charge in [-0.25, -0.2) is 8.78 Å². The molecule has 19 heavy (non-hydrogen) atoms. The second-order valence-corrected chi connectivity index (χ2v) is 5.44. The zero-order valence-electron chi connectivity index (χ0n) is 11.3. The summed E-state index contributed by atoms with van der Waals surface area (Å²) in [6, 6.07) is 4.13. The second-order valence-electron chi connectivity index (χ2n) is 5.44. The number of nitrogens with zero attached hydrogens (tertiary/aromatic N) is 2. The SMILES string of the molecule is CC1CCCC(N(C)c2c(F)cc(C#N)cc2F)C1. The van der Waals surface area contributed by atoms with Crippen LogP contribution in [0.2, 0.25) is 0 Å². The molecule has 1 aliphatic rings. The van der Waals surface area contributed by atoms with Gasteiger partial charge in [0.15, 0.2) is 11.6 Å². The van der Waals surface area contributed by atoms with E-state index < -0.39 is 11.6 Å². The Labute approximate surface area is 112 Å². The molecular weight excluding hydrogens is 246 g/mol. The average Bonchev–Trinajstić information content (AvgIpc) is 2.37. The number of hydrogen-bond acceptors (Lipinski definition) is 2. The zero-order chi connectivity index (χ0) is 14.0. The van der Waals surface area contributed by atoms with Gasteiger partial charge in [-0.2, -0.15) is 5.26 Å². The molecular formula is C15H18F2N2. The van der Waals surface area contributed by atoms with Crippen molar-refractivity contribution in [1.82, 2.24) is 0 Å². The predicted octanol–water partition coefficient (Wildman–Crippen LogP) is 3.85. The normalized spacial score (nSPS) is 22.9. The molecule has 1 saturated carbocycles. The maximum absolute atomic E-state index is 14.0. The van der Waals surface area contributed by atoms with Gasteiger partial charge in [0.1, 0.15) is 5.69 Å². The molecule has 2 nitrogen and oxygen atoms in total. The van der Waals surface area contributed by atoms with Gasteiger partial charge in [-0.05, 0) is 30.9 Å². The van der Waals surface area contributed by atoms with Crippen LogP contribution in [0.3, 0.4) is 0 Å². The highest BCUT2D eigenvalue weighted by Gasteiger charge is 2.26. The summed E-state index contributed by atoms with van der Waals surface area (Å²) in [5.74, 6) is -0.722. The quantitative estimate of drug-likeness (QED) is 0.811. The number of halogens is 2. The fourth-order valence-corrected chi connectivity index (χ4v) is 2.90. The third-order valence-electron chi connectivity index (χ3n) is 3.96. The van der Waals surface area contributed by atoms with E-state index in [1.807, 2.05) is 0 Å². The number of nitriles is 1. The topological polar surface area (TPSA) is 27.0 Å². The van der Waals surface area contributed by atoms with Crippen LogP contribution in [0.4, 0.5) is 14.5 Å². The molecule has 2 rings (SSSR count). The largest absolute Gasteiger partial charge is 0.367 e. The molecule has 1 aromatic carbocycles. The summed E-state index contributed by atoms with van der Waals surface area (Å²) in [6.07, 6.45) is 4.19. The molecule has 0 spiro atoms. The Morgan fingerprint density at radius 2 is 1.89 bits per heavy atom. The van der Waals surface area contributed by atoms with Crippen molar-refractivity contribution < 1.29 is 8.78 Å². The van der Waals surface area contributed by atoms with Gasteiger partial charge in [-0.3, -0.25) is 0 Å². The summed E-state index contributed by atoms with van der Waals surface area (Å²) in [5, 5.41) is 8.70. The van der Waals surface area contributed by atoms with Crippen molar-refractivity contribution in [1.29, 1.82) is 5.26 Å². The first kappa shape index (κ1) is 13.8. The van der Waals surface area contributed by atoms with Gasteiger partial charge in [0.25, 0.3) is 0 Å². The van der Waals surface area contributed by atoms with Gasteiger partial charge in [0.2, 0.25) is 0 Å². The van der Waals surface area contributed by atoms with Crippen molar-refractivity contribution in [3.63, 3.8) is 0 Å². The summed E-state index contributed by atoms with van der Waals surface area (Å²) in [5.41, 5.74) is 0.00209. The minimum Gasteiger partial charge on any atom is -0.367 e. The molecule has 1 aliphatic carbocycles. The van der Waals surface area contributed by atoms with Crippen molar-refractivity contribution in [2.24, 2.45) is 5.92 Å². The van der Waals surface area contributed by atoms with E-state index in [1.165, 1.54) is 6.42 Å². The Morgan fingerprint density at radius 1 is 1.26 bits per heavy atom. The first-order chi connectivity index (χ1) is 9.02. The van der Waals surface area contributed by atoms with Gasteiger partial charge in [0, 0.05) is 13.1 Å². The van der Waals surface area contributed by atoms with Crippen LogP contribution < -0.4 is 4.90 Å². The van der Waals surface area contributed by atoms with Crippen LogP contribution in [0.25, 0.3) is 0 Å². The van der Waals surface area contributed by atoms with Gasteiger partial charge < -0.3 is 4.90 Å². The minimum atomic E-state index is -0.655. The monoisotopic (exact) mass is 264 g/mol. The summed E-state index contributed by atoms with van der Waals surface area (Å²) in [4.78, 5) is 1.70. The summed E-state index contributed by atoms with van der Waals surface area (Å²) < 4.78 is 27.9. The summed E-state index contributed by atoms with van der Waals surface area (Å²) in [6.45, 7) is 2.17. The third kappa shape index (κ3) is 2.86. The van der Waals surface area contributed by atoms with Crippen LogP contribution >= 0.6 is 0 Å². The molecule has 1 fully saturated rings. The fraction of sp³-hybridized carbons (Fsp3) is 0.533. The molecule has 2 atom stereocenters. The van der Waals surface area contributed by atoms with Gasteiger partial charge in [-0.1, -0.05) is 19.8 Å². The van der Waals surface area contributed by atoms with E-state index in [9.17, 15) is 8.78 Å². The Balaban J connectivity index is 2.28. The van der Waals surface area contributed by atoms with E-state index in [0.29, 0.717) is 5.92 Å². The highest BCUT2D eigenvalue weighted by molar-refractivity contribution is 5.52. The van der Waals surface area contributed by atoms with Crippen molar-refractivity contribution >= 4 is 5.69 Å². The van der Waals surface area contributed by atoms with Crippen molar-refractivity contribution in [2.75, 3.05) is 11.9 Å². The molecule has 0 heterocycles. The third-order valence-corrected chi connectivity index (χ3v) is 3.96. The highest BCUT2D eigenvalue weighted by atomic mass is 19.1. The molecule has 0 aromatic heterocycles.